The molecule has 0 saturated heterocycles. The molecule has 5 nitrogen and oxygen atoms in total. The molecule has 3 aromatic rings. The van der Waals surface area contributed by atoms with Gasteiger partial charge >= 0.3 is 0 Å². The maximum absolute atomic E-state index is 12.1. The zero-order chi connectivity index (χ0) is 14.7. The number of amides is 1. The van der Waals surface area contributed by atoms with Crippen molar-refractivity contribution in [1.82, 2.24) is 14.1 Å². The van der Waals surface area contributed by atoms with Crippen LogP contribution in [0.4, 0.5) is 0 Å². The van der Waals surface area contributed by atoms with E-state index in [4.69, 9.17) is 4.74 Å². The summed E-state index contributed by atoms with van der Waals surface area (Å²) in [5.41, 5.74) is 3.34. The molecule has 0 aliphatic carbocycles. The summed E-state index contributed by atoms with van der Waals surface area (Å²) < 4.78 is 13.4. The Morgan fingerprint density at radius 3 is 2.67 bits per heavy atom. The van der Waals surface area contributed by atoms with E-state index in [1.807, 2.05) is 18.2 Å². The normalized spacial score (nSPS) is 10.5. The van der Waals surface area contributed by atoms with E-state index in [0.717, 1.165) is 22.3 Å². The number of ether oxygens (including phenoxy) is 1. The average Bonchev–Trinajstić information content (AvgIpc) is 3.00. The zero-order valence-corrected chi connectivity index (χ0v) is 12.2. The van der Waals surface area contributed by atoms with E-state index < -0.39 is 0 Å². The van der Waals surface area contributed by atoms with Gasteiger partial charge in [-0.1, -0.05) is 6.07 Å². The number of fused-ring (bicyclic) bond motifs is 1. The Kier molecular flexibility index (Phi) is 3.79. The molecule has 3 rings (SSSR count). The molecular formula is C15H13N3O2S. The third kappa shape index (κ3) is 3.00. The number of nitrogens with zero attached hydrogens (tertiary/aromatic N) is 2. The summed E-state index contributed by atoms with van der Waals surface area (Å²) in [6, 6.07) is 12.8. The largest absolute Gasteiger partial charge is 0.497 e. The number of hydrogen-bond donors (Lipinski definition) is 1. The van der Waals surface area contributed by atoms with E-state index in [1.54, 1.807) is 31.4 Å². The van der Waals surface area contributed by atoms with Crippen LogP contribution in [-0.4, -0.2) is 21.8 Å². The van der Waals surface area contributed by atoms with Gasteiger partial charge in [0.15, 0.2) is 0 Å². The molecule has 0 aliphatic rings. The van der Waals surface area contributed by atoms with Gasteiger partial charge in [-0.05, 0) is 42.0 Å². The fourth-order valence-electron chi connectivity index (χ4n) is 1.96. The Morgan fingerprint density at radius 2 is 1.90 bits per heavy atom. The molecule has 0 spiro atoms. The van der Waals surface area contributed by atoms with Crippen LogP contribution in [0.2, 0.25) is 0 Å². The van der Waals surface area contributed by atoms with Gasteiger partial charge in [0.25, 0.3) is 5.91 Å². The monoisotopic (exact) mass is 299 g/mol. The van der Waals surface area contributed by atoms with Crippen LogP contribution in [0.25, 0.3) is 11.0 Å². The van der Waals surface area contributed by atoms with Gasteiger partial charge in [-0.3, -0.25) is 4.79 Å². The van der Waals surface area contributed by atoms with Crippen molar-refractivity contribution in [2.45, 2.75) is 6.54 Å². The van der Waals surface area contributed by atoms with Gasteiger partial charge in [0.1, 0.15) is 16.8 Å². The molecule has 1 aromatic heterocycles. The van der Waals surface area contributed by atoms with E-state index in [9.17, 15) is 4.79 Å². The predicted octanol–water partition coefficient (Wildman–Crippen LogP) is 2.63. The number of carbonyl (C=O) groups excluding carboxylic acids is 1. The van der Waals surface area contributed by atoms with E-state index in [2.05, 4.69) is 14.1 Å². The van der Waals surface area contributed by atoms with Crippen molar-refractivity contribution in [3.8, 4) is 5.75 Å². The van der Waals surface area contributed by atoms with Crippen molar-refractivity contribution in [3.05, 3.63) is 53.6 Å². The number of carbonyl (C=O) groups is 1. The van der Waals surface area contributed by atoms with Crippen molar-refractivity contribution < 1.29 is 9.53 Å². The van der Waals surface area contributed by atoms with Crippen LogP contribution in [0, 0.1) is 0 Å². The second kappa shape index (κ2) is 5.88. The summed E-state index contributed by atoms with van der Waals surface area (Å²) in [5, 5.41) is 2.89. The van der Waals surface area contributed by atoms with Gasteiger partial charge in [-0.2, -0.15) is 8.75 Å². The minimum Gasteiger partial charge on any atom is -0.497 e. The Hall–Kier alpha value is -2.47. The van der Waals surface area contributed by atoms with Crippen molar-refractivity contribution >= 4 is 28.7 Å². The van der Waals surface area contributed by atoms with E-state index in [0.29, 0.717) is 12.1 Å². The fourth-order valence-corrected chi connectivity index (χ4v) is 2.48. The second-order valence-corrected chi connectivity index (χ2v) is 5.03. The predicted molar refractivity (Wildman–Crippen MR) is 81.6 cm³/mol. The smallest absolute Gasteiger partial charge is 0.251 e. The molecule has 0 atom stereocenters. The summed E-state index contributed by atoms with van der Waals surface area (Å²) in [5.74, 6) is 0.613. The van der Waals surface area contributed by atoms with Crippen LogP contribution in [0.3, 0.4) is 0 Å². The van der Waals surface area contributed by atoms with Gasteiger partial charge in [-0.15, -0.1) is 0 Å². The van der Waals surface area contributed by atoms with Crippen LogP contribution in [0.1, 0.15) is 15.9 Å². The zero-order valence-electron chi connectivity index (χ0n) is 11.4. The Bertz CT molecular complexity index is 768. The first-order valence-electron chi connectivity index (χ1n) is 6.40. The van der Waals surface area contributed by atoms with Crippen molar-refractivity contribution in [3.63, 3.8) is 0 Å². The molecule has 1 amide bonds. The Balaban J connectivity index is 1.66. The molecule has 21 heavy (non-hydrogen) atoms. The maximum Gasteiger partial charge on any atom is 0.251 e. The lowest BCUT2D eigenvalue weighted by Crippen LogP contribution is -2.22. The van der Waals surface area contributed by atoms with Crippen LogP contribution >= 0.6 is 11.7 Å². The van der Waals surface area contributed by atoms with E-state index >= 15 is 0 Å². The molecule has 0 radical (unpaired) electrons. The van der Waals surface area contributed by atoms with Crippen LogP contribution < -0.4 is 10.1 Å². The summed E-state index contributed by atoms with van der Waals surface area (Å²) in [7, 11) is 1.60. The van der Waals surface area contributed by atoms with Crippen molar-refractivity contribution in [1.29, 1.82) is 0 Å². The third-order valence-corrected chi connectivity index (χ3v) is 3.68. The van der Waals surface area contributed by atoms with Gasteiger partial charge in [0.05, 0.1) is 18.8 Å². The standard InChI is InChI=1S/C15H13N3O2S/c1-20-12-5-3-11(4-6-12)15(19)16-9-10-2-7-13-14(8-10)18-21-17-13/h2-8H,9H2,1H3,(H,16,19). The third-order valence-electron chi connectivity index (χ3n) is 3.12. The van der Waals surface area contributed by atoms with Gasteiger partial charge < -0.3 is 10.1 Å². The fraction of sp³-hybridized carbons (Fsp3) is 0.133. The summed E-state index contributed by atoms with van der Waals surface area (Å²) in [6.45, 7) is 0.457. The highest BCUT2D eigenvalue weighted by Gasteiger charge is 2.06. The minimum atomic E-state index is -0.117. The summed E-state index contributed by atoms with van der Waals surface area (Å²) in [6.07, 6.45) is 0. The first-order valence-corrected chi connectivity index (χ1v) is 7.13. The van der Waals surface area contributed by atoms with Crippen LogP contribution in [0.5, 0.6) is 5.75 Å². The van der Waals surface area contributed by atoms with Gasteiger partial charge in [0, 0.05) is 12.1 Å². The van der Waals surface area contributed by atoms with E-state index in [1.165, 1.54) is 11.7 Å². The number of benzene rings is 2. The molecule has 0 bridgehead atoms. The number of rotatable bonds is 4. The van der Waals surface area contributed by atoms with Crippen LogP contribution in [-0.2, 0) is 6.54 Å². The highest BCUT2D eigenvalue weighted by molar-refractivity contribution is 7.00. The molecule has 6 heteroatoms. The van der Waals surface area contributed by atoms with Crippen molar-refractivity contribution in [2.24, 2.45) is 0 Å². The van der Waals surface area contributed by atoms with Crippen LogP contribution in [0.15, 0.2) is 42.5 Å². The average molecular weight is 299 g/mol. The SMILES string of the molecule is COc1ccc(C(=O)NCc2ccc3nsnc3c2)cc1. The highest BCUT2D eigenvalue weighted by Crippen LogP contribution is 2.14. The van der Waals surface area contributed by atoms with Gasteiger partial charge in [0.2, 0.25) is 0 Å². The Labute approximate surface area is 125 Å². The lowest BCUT2D eigenvalue weighted by atomic mass is 10.1. The van der Waals surface area contributed by atoms with Gasteiger partial charge in [-0.25, -0.2) is 0 Å². The lowest BCUT2D eigenvalue weighted by Gasteiger charge is -2.06. The molecule has 2 aromatic carbocycles. The number of aromatic nitrogens is 2. The molecule has 106 valence electrons. The number of nitrogens with one attached hydrogen (secondary N) is 1. The second-order valence-electron chi connectivity index (χ2n) is 4.50. The minimum absolute atomic E-state index is 0.117. The molecule has 0 saturated carbocycles. The molecule has 0 unspecified atom stereocenters. The topological polar surface area (TPSA) is 64.1 Å². The number of hydrogen-bond acceptors (Lipinski definition) is 5. The molecule has 0 fully saturated rings. The maximum atomic E-state index is 12.1. The lowest BCUT2D eigenvalue weighted by molar-refractivity contribution is 0.0951. The molecular weight excluding hydrogens is 286 g/mol. The first kappa shape index (κ1) is 13.5. The number of methoxy groups -OCH3 is 1. The summed E-state index contributed by atoms with van der Waals surface area (Å²) >= 11 is 1.19. The van der Waals surface area contributed by atoms with E-state index in [-0.39, 0.29) is 5.91 Å². The first-order chi connectivity index (χ1) is 10.3. The summed E-state index contributed by atoms with van der Waals surface area (Å²) in [4.78, 5) is 12.1. The quantitative estimate of drug-likeness (QED) is 0.804. The van der Waals surface area contributed by atoms with Crippen molar-refractivity contribution in [2.75, 3.05) is 7.11 Å². The molecule has 1 N–H and O–H groups in total. The molecule has 1 heterocycles. The Morgan fingerprint density at radius 1 is 1.14 bits per heavy atom. The highest BCUT2D eigenvalue weighted by atomic mass is 32.1. The molecule has 0 aliphatic heterocycles.